The van der Waals surface area contributed by atoms with Crippen molar-refractivity contribution in [2.75, 3.05) is 26.8 Å². The topological polar surface area (TPSA) is 71.9 Å². The van der Waals surface area contributed by atoms with Crippen LogP contribution in [0.1, 0.15) is 43.1 Å². The van der Waals surface area contributed by atoms with Crippen LogP contribution in [0.25, 0.3) is 5.65 Å². The van der Waals surface area contributed by atoms with E-state index in [2.05, 4.69) is 27.1 Å². The number of hydrogen-bond donors (Lipinski definition) is 1. The molecule has 4 rings (SSSR count). The maximum atomic E-state index is 12.3. The van der Waals surface area contributed by atoms with Crippen molar-refractivity contribution in [1.82, 2.24) is 19.5 Å². The molecule has 7 nitrogen and oxygen atoms in total. The Labute approximate surface area is 170 Å². The zero-order chi connectivity index (χ0) is 20.4. The van der Waals surface area contributed by atoms with Gasteiger partial charge in [0.1, 0.15) is 0 Å². The van der Waals surface area contributed by atoms with E-state index in [1.807, 2.05) is 26.0 Å². The number of aromatic nitrogens is 3. The number of nitrogens with zero attached hydrogens (tertiary/aromatic N) is 3. The number of rotatable bonds is 7. The molecule has 3 heterocycles. The Morgan fingerprint density at radius 3 is 2.83 bits per heavy atom. The summed E-state index contributed by atoms with van der Waals surface area (Å²) in [6.07, 6.45) is 1.81. The number of methoxy groups -OCH3 is 1. The first-order valence-electron chi connectivity index (χ1n) is 10.2. The second-order valence-corrected chi connectivity index (χ2v) is 7.48. The van der Waals surface area contributed by atoms with E-state index >= 15 is 0 Å². The van der Waals surface area contributed by atoms with Gasteiger partial charge in [0.05, 0.1) is 13.7 Å². The molecule has 0 saturated carbocycles. The van der Waals surface area contributed by atoms with Crippen molar-refractivity contribution in [3.05, 3.63) is 57.6 Å². The molecule has 7 heteroatoms. The number of fused-ring (bicyclic) bond motifs is 1. The molecule has 0 bridgehead atoms. The van der Waals surface area contributed by atoms with Gasteiger partial charge in [-0.25, -0.2) is 9.50 Å². The van der Waals surface area contributed by atoms with Gasteiger partial charge in [0.2, 0.25) is 0 Å². The highest BCUT2D eigenvalue weighted by Gasteiger charge is 2.26. The van der Waals surface area contributed by atoms with Crippen molar-refractivity contribution in [3.63, 3.8) is 0 Å². The molecule has 1 N–H and O–H groups in total. The lowest BCUT2D eigenvalue weighted by Crippen LogP contribution is -2.20. The third-order valence-electron chi connectivity index (χ3n) is 5.53. The summed E-state index contributed by atoms with van der Waals surface area (Å²) < 4.78 is 12.6. The predicted molar refractivity (Wildman–Crippen MR) is 112 cm³/mol. The Morgan fingerprint density at radius 1 is 1.21 bits per heavy atom. The number of aromatic amines is 1. The van der Waals surface area contributed by atoms with Gasteiger partial charge in [-0.1, -0.05) is 13.0 Å². The average Bonchev–Trinajstić information content (AvgIpc) is 3.35. The lowest BCUT2D eigenvalue weighted by atomic mass is 10.1. The highest BCUT2D eigenvalue weighted by molar-refractivity contribution is 5.43. The highest BCUT2D eigenvalue weighted by atomic mass is 16.5. The first-order valence-corrected chi connectivity index (χ1v) is 10.2. The fraction of sp³-hybridized carbons (Fsp3) is 0.455. The Balaban J connectivity index is 1.48. The molecule has 2 aromatic heterocycles. The largest absolute Gasteiger partial charge is 0.493 e. The molecule has 1 saturated heterocycles. The van der Waals surface area contributed by atoms with E-state index < -0.39 is 0 Å². The molecule has 1 fully saturated rings. The van der Waals surface area contributed by atoms with Crippen LogP contribution < -0.4 is 15.0 Å². The maximum absolute atomic E-state index is 12.3. The van der Waals surface area contributed by atoms with Gasteiger partial charge < -0.3 is 9.47 Å². The summed E-state index contributed by atoms with van der Waals surface area (Å²) in [7, 11) is 1.66. The van der Waals surface area contributed by atoms with E-state index in [1.165, 1.54) is 5.56 Å². The maximum Gasteiger partial charge on any atom is 0.272 e. The summed E-state index contributed by atoms with van der Waals surface area (Å²) in [4.78, 5) is 19.3. The molecule has 1 aliphatic rings. The number of aryl methyl sites for hydroxylation is 1. The molecule has 0 radical (unpaired) electrons. The van der Waals surface area contributed by atoms with Crippen LogP contribution in [0, 0.1) is 0 Å². The van der Waals surface area contributed by atoms with Crippen LogP contribution in [0.2, 0.25) is 0 Å². The van der Waals surface area contributed by atoms with Crippen LogP contribution in [0.3, 0.4) is 0 Å². The van der Waals surface area contributed by atoms with Crippen LogP contribution in [-0.4, -0.2) is 46.3 Å². The smallest absolute Gasteiger partial charge is 0.272 e. The van der Waals surface area contributed by atoms with Gasteiger partial charge in [-0.2, -0.15) is 0 Å². The quantitative estimate of drug-likeness (QED) is 0.665. The van der Waals surface area contributed by atoms with E-state index in [0.29, 0.717) is 18.2 Å². The number of H-pyrrole nitrogens is 1. The first-order chi connectivity index (χ1) is 14.1. The van der Waals surface area contributed by atoms with E-state index in [1.54, 1.807) is 17.7 Å². The first kappa shape index (κ1) is 19.5. The van der Waals surface area contributed by atoms with Crippen LogP contribution in [0.4, 0.5) is 0 Å². The zero-order valence-electron chi connectivity index (χ0n) is 17.3. The van der Waals surface area contributed by atoms with E-state index in [0.717, 1.165) is 55.4 Å². The third kappa shape index (κ3) is 4.00. The van der Waals surface area contributed by atoms with Gasteiger partial charge in [0.25, 0.3) is 5.56 Å². The minimum absolute atomic E-state index is 0.0466. The van der Waals surface area contributed by atoms with E-state index in [-0.39, 0.29) is 5.56 Å². The van der Waals surface area contributed by atoms with Gasteiger partial charge in [0.15, 0.2) is 17.1 Å². The molecule has 29 heavy (non-hydrogen) atoms. The van der Waals surface area contributed by atoms with Crippen LogP contribution in [0.5, 0.6) is 11.5 Å². The standard InChI is InChI=1S/C22H28N4O3/c1-4-17-11-22(27)26-21(23-17)12-18(24-26)16-8-9-25(14-16)13-15-6-7-19(28-3)20(10-15)29-5-2/h6-7,10-12,16,24H,4-5,8-9,13-14H2,1-3H3. The number of ether oxygens (including phenoxy) is 2. The lowest BCUT2D eigenvalue weighted by molar-refractivity contribution is 0.305. The Morgan fingerprint density at radius 2 is 2.07 bits per heavy atom. The van der Waals surface area contributed by atoms with Crippen molar-refractivity contribution >= 4 is 5.65 Å². The summed E-state index contributed by atoms with van der Waals surface area (Å²) in [6.45, 7) is 7.41. The molecule has 0 amide bonds. The van der Waals surface area contributed by atoms with Crippen molar-refractivity contribution in [1.29, 1.82) is 0 Å². The van der Waals surface area contributed by atoms with E-state index in [4.69, 9.17) is 9.47 Å². The summed E-state index contributed by atoms with van der Waals surface area (Å²) in [5.41, 5.74) is 3.78. The molecule has 154 valence electrons. The van der Waals surface area contributed by atoms with Gasteiger partial charge in [-0.05, 0) is 44.0 Å². The minimum Gasteiger partial charge on any atom is -0.493 e. The molecular weight excluding hydrogens is 368 g/mol. The fourth-order valence-corrected chi connectivity index (χ4v) is 4.03. The summed E-state index contributed by atoms with van der Waals surface area (Å²) in [5.74, 6) is 1.92. The molecule has 0 aliphatic carbocycles. The second-order valence-electron chi connectivity index (χ2n) is 7.48. The second kappa shape index (κ2) is 8.29. The number of benzene rings is 1. The molecule has 1 unspecified atom stereocenters. The Kier molecular flexibility index (Phi) is 5.58. The molecule has 0 spiro atoms. The highest BCUT2D eigenvalue weighted by Crippen LogP contribution is 2.31. The lowest BCUT2D eigenvalue weighted by Gasteiger charge is -2.17. The Hall–Kier alpha value is -2.80. The SMILES string of the molecule is CCOc1cc(CN2CCC(c3cc4nc(CC)cc(=O)n4[nH]3)C2)ccc1OC. The monoisotopic (exact) mass is 396 g/mol. The normalized spacial score (nSPS) is 17.1. The van der Waals surface area contributed by atoms with Gasteiger partial charge in [-0.3, -0.25) is 14.8 Å². The average molecular weight is 396 g/mol. The Bertz CT molecular complexity index is 1060. The zero-order valence-corrected chi connectivity index (χ0v) is 17.3. The molecule has 1 atom stereocenters. The number of likely N-dealkylation sites (tertiary alicyclic amines) is 1. The van der Waals surface area contributed by atoms with Crippen molar-refractivity contribution in [2.24, 2.45) is 0 Å². The van der Waals surface area contributed by atoms with Gasteiger partial charge in [-0.15, -0.1) is 0 Å². The predicted octanol–water partition coefficient (Wildman–Crippen LogP) is 2.98. The molecule has 1 aromatic carbocycles. The number of hydrogen-bond acceptors (Lipinski definition) is 5. The fourth-order valence-electron chi connectivity index (χ4n) is 4.03. The van der Waals surface area contributed by atoms with Crippen LogP contribution >= 0.6 is 0 Å². The third-order valence-corrected chi connectivity index (χ3v) is 5.53. The van der Waals surface area contributed by atoms with Crippen molar-refractivity contribution in [2.45, 2.75) is 39.2 Å². The van der Waals surface area contributed by atoms with E-state index in [9.17, 15) is 4.79 Å². The van der Waals surface area contributed by atoms with Gasteiger partial charge in [0, 0.05) is 42.5 Å². The van der Waals surface area contributed by atoms with Crippen molar-refractivity contribution in [3.8, 4) is 11.5 Å². The number of nitrogens with one attached hydrogen (secondary N) is 1. The minimum atomic E-state index is -0.0466. The molecule has 3 aromatic rings. The molecular formula is C22H28N4O3. The van der Waals surface area contributed by atoms with Gasteiger partial charge >= 0.3 is 0 Å². The summed E-state index contributed by atoms with van der Waals surface area (Å²) in [5, 5.41) is 3.26. The van der Waals surface area contributed by atoms with Crippen LogP contribution in [-0.2, 0) is 13.0 Å². The van der Waals surface area contributed by atoms with Crippen molar-refractivity contribution < 1.29 is 9.47 Å². The molecule has 1 aliphatic heterocycles. The summed E-state index contributed by atoms with van der Waals surface area (Å²) >= 11 is 0. The van der Waals surface area contributed by atoms with Crippen LogP contribution in [0.15, 0.2) is 35.1 Å². The summed E-state index contributed by atoms with van der Waals surface area (Å²) in [6, 6.07) is 9.75.